The van der Waals surface area contributed by atoms with Crippen molar-refractivity contribution in [3.8, 4) is 0 Å². The maximum absolute atomic E-state index is 6.17. The van der Waals surface area contributed by atoms with Crippen molar-refractivity contribution in [3.05, 3.63) is 17.0 Å². The quantitative estimate of drug-likeness (QED) is 0.844. The zero-order chi connectivity index (χ0) is 14.4. The van der Waals surface area contributed by atoms with E-state index in [1.54, 1.807) is 0 Å². The summed E-state index contributed by atoms with van der Waals surface area (Å²) in [5.41, 5.74) is 1.02. The molecule has 1 saturated heterocycles. The molecule has 1 N–H and O–H groups in total. The fraction of sp³-hybridized carbons (Fsp3) is 0.733. The van der Waals surface area contributed by atoms with E-state index in [1.165, 1.54) is 45.1 Å². The molecule has 4 nitrogen and oxygen atoms in total. The third-order valence-electron chi connectivity index (χ3n) is 3.83. The summed E-state index contributed by atoms with van der Waals surface area (Å²) in [6.07, 6.45) is 6.95. The van der Waals surface area contributed by atoms with Gasteiger partial charge in [0.2, 0.25) is 0 Å². The van der Waals surface area contributed by atoms with Gasteiger partial charge >= 0.3 is 0 Å². The van der Waals surface area contributed by atoms with Crippen LogP contribution in [0, 0.1) is 0 Å². The second kappa shape index (κ2) is 7.79. The van der Waals surface area contributed by atoms with Gasteiger partial charge in [0, 0.05) is 18.7 Å². The minimum atomic E-state index is 0.324. The van der Waals surface area contributed by atoms with Crippen molar-refractivity contribution >= 4 is 17.4 Å². The van der Waals surface area contributed by atoms with Gasteiger partial charge in [-0.15, -0.1) is 0 Å². The van der Waals surface area contributed by atoms with Gasteiger partial charge in [-0.05, 0) is 31.8 Å². The van der Waals surface area contributed by atoms with Crippen LogP contribution in [0.25, 0.3) is 0 Å². The van der Waals surface area contributed by atoms with Crippen LogP contribution in [0.1, 0.15) is 51.0 Å². The summed E-state index contributed by atoms with van der Waals surface area (Å²) in [6.45, 7) is 8.66. The van der Waals surface area contributed by atoms with Crippen molar-refractivity contribution in [2.24, 2.45) is 0 Å². The van der Waals surface area contributed by atoms with Crippen LogP contribution >= 0.6 is 11.6 Å². The molecule has 0 saturated carbocycles. The highest BCUT2D eigenvalue weighted by molar-refractivity contribution is 6.30. The molecular weight excluding hydrogens is 272 g/mol. The van der Waals surface area contributed by atoms with E-state index in [4.69, 9.17) is 11.6 Å². The van der Waals surface area contributed by atoms with Crippen LogP contribution in [0.15, 0.2) is 6.33 Å². The molecule has 0 aliphatic carbocycles. The second-order valence-corrected chi connectivity index (χ2v) is 6.12. The van der Waals surface area contributed by atoms with Crippen LogP contribution in [-0.2, 0) is 0 Å². The third kappa shape index (κ3) is 4.32. The number of aromatic nitrogens is 2. The van der Waals surface area contributed by atoms with Gasteiger partial charge in [-0.1, -0.05) is 38.3 Å². The lowest BCUT2D eigenvalue weighted by Crippen LogP contribution is -2.30. The average Bonchev–Trinajstić information content (AvgIpc) is 2.67. The molecule has 2 heterocycles. The highest BCUT2D eigenvalue weighted by atomic mass is 35.5. The highest BCUT2D eigenvalue weighted by Gasteiger charge is 2.14. The van der Waals surface area contributed by atoms with E-state index in [-0.39, 0.29) is 0 Å². The molecule has 0 unspecified atom stereocenters. The predicted octanol–water partition coefficient (Wildman–Crippen LogP) is 3.54. The number of anilines is 1. The number of hydrogen-bond acceptors (Lipinski definition) is 4. The first-order chi connectivity index (χ1) is 9.68. The van der Waals surface area contributed by atoms with Gasteiger partial charge in [-0.2, -0.15) is 0 Å². The molecule has 0 radical (unpaired) electrons. The Morgan fingerprint density at radius 2 is 1.90 bits per heavy atom. The predicted molar refractivity (Wildman–Crippen MR) is 84.5 cm³/mol. The topological polar surface area (TPSA) is 41.1 Å². The number of hydrogen-bond donors (Lipinski definition) is 1. The summed E-state index contributed by atoms with van der Waals surface area (Å²) in [5.74, 6) is 1.21. The van der Waals surface area contributed by atoms with E-state index in [0.29, 0.717) is 11.1 Å². The minimum Gasteiger partial charge on any atom is -0.368 e. The maximum Gasteiger partial charge on any atom is 0.138 e. The minimum absolute atomic E-state index is 0.324. The highest BCUT2D eigenvalue weighted by Crippen LogP contribution is 2.27. The fourth-order valence-corrected chi connectivity index (χ4v) is 3.07. The summed E-state index contributed by atoms with van der Waals surface area (Å²) in [7, 11) is 0. The summed E-state index contributed by atoms with van der Waals surface area (Å²) >= 11 is 6.17. The van der Waals surface area contributed by atoms with Crippen LogP contribution in [-0.4, -0.2) is 41.0 Å². The Balaban J connectivity index is 1.89. The monoisotopic (exact) mass is 296 g/mol. The lowest BCUT2D eigenvalue weighted by Gasteiger charge is -2.21. The number of halogens is 1. The molecule has 0 atom stereocenters. The van der Waals surface area contributed by atoms with Gasteiger partial charge in [-0.25, -0.2) is 9.97 Å². The van der Waals surface area contributed by atoms with Crippen molar-refractivity contribution in [1.29, 1.82) is 0 Å². The van der Waals surface area contributed by atoms with Crippen LogP contribution in [0.3, 0.4) is 0 Å². The molecule has 0 amide bonds. The number of nitrogens with zero attached hydrogens (tertiary/aromatic N) is 3. The molecule has 1 aromatic heterocycles. The van der Waals surface area contributed by atoms with Crippen LogP contribution in [0.2, 0.25) is 5.15 Å². The Morgan fingerprint density at radius 1 is 1.20 bits per heavy atom. The van der Waals surface area contributed by atoms with Gasteiger partial charge in [-0.3, -0.25) is 0 Å². The Morgan fingerprint density at radius 3 is 2.55 bits per heavy atom. The Labute approximate surface area is 126 Å². The van der Waals surface area contributed by atoms with Gasteiger partial charge in [0.1, 0.15) is 17.3 Å². The molecular formula is C15H25ClN4. The number of nitrogens with one attached hydrogen (secondary N) is 1. The van der Waals surface area contributed by atoms with E-state index < -0.39 is 0 Å². The molecule has 1 aliphatic rings. The van der Waals surface area contributed by atoms with Gasteiger partial charge in [0.15, 0.2) is 0 Å². The first kappa shape index (κ1) is 15.5. The fourth-order valence-electron chi connectivity index (χ4n) is 2.72. The normalized spacial score (nSPS) is 17.2. The van der Waals surface area contributed by atoms with Gasteiger partial charge in [0.05, 0.1) is 0 Å². The second-order valence-electron chi connectivity index (χ2n) is 5.76. The molecule has 20 heavy (non-hydrogen) atoms. The standard InChI is InChI=1S/C15H25ClN4/c1-12(2)13-14(16)18-11-19-15(13)17-7-10-20-8-5-3-4-6-9-20/h11-12H,3-10H2,1-2H3,(H,17,18,19). The Kier molecular flexibility index (Phi) is 6.05. The molecule has 0 aromatic carbocycles. The third-order valence-corrected chi connectivity index (χ3v) is 4.13. The Hall–Kier alpha value is -0.870. The van der Waals surface area contributed by atoms with Gasteiger partial charge < -0.3 is 10.2 Å². The molecule has 0 spiro atoms. The number of likely N-dealkylation sites (tertiary alicyclic amines) is 1. The zero-order valence-corrected chi connectivity index (χ0v) is 13.3. The van der Waals surface area contributed by atoms with Crippen molar-refractivity contribution < 1.29 is 0 Å². The smallest absolute Gasteiger partial charge is 0.138 e. The molecule has 112 valence electrons. The molecule has 1 fully saturated rings. The summed E-state index contributed by atoms with van der Waals surface area (Å²) in [6, 6.07) is 0. The van der Waals surface area contributed by atoms with E-state index in [2.05, 4.69) is 34.0 Å². The lowest BCUT2D eigenvalue weighted by atomic mass is 10.1. The van der Waals surface area contributed by atoms with E-state index in [1.807, 2.05) is 0 Å². The molecule has 1 aromatic rings. The van der Waals surface area contributed by atoms with Crippen LogP contribution < -0.4 is 5.32 Å². The Bertz CT molecular complexity index is 414. The summed E-state index contributed by atoms with van der Waals surface area (Å²) < 4.78 is 0. The van der Waals surface area contributed by atoms with E-state index in [9.17, 15) is 0 Å². The average molecular weight is 297 g/mol. The van der Waals surface area contributed by atoms with Crippen molar-refractivity contribution in [2.45, 2.75) is 45.4 Å². The van der Waals surface area contributed by atoms with E-state index in [0.717, 1.165) is 24.5 Å². The molecule has 5 heteroatoms. The van der Waals surface area contributed by atoms with Crippen molar-refractivity contribution in [1.82, 2.24) is 14.9 Å². The van der Waals surface area contributed by atoms with Crippen molar-refractivity contribution in [3.63, 3.8) is 0 Å². The van der Waals surface area contributed by atoms with Gasteiger partial charge in [0.25, 0.3) is 0 Å². The molecule has 2 rings (SSSR count). The lowest BCUT2D eigenvalue weighted by molar-refractivity contribution is 0.296. The maximum atomic E-state index is 6.17. The molecule has 0 bridgehead atoms. The number of rotatable bonds is 5. The molecule has 1 aliphatic heterocycles. The van der Waals surface area contributed by atoms with Crippen LogP contribution in [0.5, 0.6) is 0 Å². The SMILES string of the molecule is CC(C)c1c(Cl)ncnc1NCCN1CCCCCC1. The first-order valence-electron chi connectivity index (χ1n) is 7.65. The van der Waals surface area contributed by atoms with E-state index >= 15 is 0 Å². The summed E-state index contributed by atoms with van der Waals surface area (Å²) in [5, 5.41) is 3.99. The summed E-state index contributed by atoms with van der Waals surface area (Å²) in [4.78, 5) is 11.0. The first-order valence-corrected chi connectivity index (χ1v) is 8.03. The van der Waals surface area contributed by atoms with Crippen molar-refractivity contribution in [2.75, 3.05) is 31.5 Å². The van der Waals surface area contributed by atoms with Crippen LogP contribution in [0.4, 0.5) is 5.82 Å². The zero-order valence-electron chi connectivity index (χ0n) is 12.5. The largest absolute Gasteiger partial charge is 0.368 e.